The molecule has 8 heteroatoms. The molecule has 1 aliphatic heterocycles. The molecule has 8 nitrogen and oxygen atoms in total. The number of hydrogen-bond acceptors (Lipinski definition) is 4. The van der Waals surface area contributed by atoms with Crippen molar-refractivity contribution in [2.24, 2.45) is 11.8 Å². The lowest BCUT2D eigenvalue weighted by atomic mass is 9.91. The van der Waals surface area contributed by atoms with E-state index in [1.165, 1.54) is 11.8 Å². The van der Waals surface area contributed by atoms with E-state index in [4.69, 9.17) is 0 Å². The predicted octanol–water partition coefficient (Wildman–Crippen LogP) is 1.46. The Morgan fingerprint density at radius 2 is 1.85 bits per heavy atom. The number of ketones is 1. The molecule has 1 aromatic heterocycles. The number of Topliss-reactive ketones (excluding diaryl/α,β-unsaturated/α-hetero) is 1. The maximum Gasteiger partial charge on any atom is 0.317 e. The number of amides is 3. The van der Waals surface area contributed by atoms with Crippen LogP contribution in [0.4, 0.5) is 4.79 Å². The van der Waals surface area contributed by atoms with E-state index in [-0.39, 0.29) is 36.2 Å². The number of carbonyl (C=O) groups is 3. The van der Waals surface area contributed by atoms with Crippen LogP contribution in [0.2, 0.25) is 0 Å². The minimum absolute atomic E-state index is 0.0452. The molecule has 27 heavy (non-hydrogen) atoms. The summed E-state index contributed by atoms with van der Waals surface area (Å²) < 4.78 is 1.60. The molecule has 2 atom stereocenters. The number of rotatable bonds is 5. The number of likely N-dealkylation sites (tertiary alicyclic amines) is 1. The van der Waals surface area contributed by atoms with Crippen molar-refractivity contribution in [3.63, 3.8) is 0 Å². The number of carbonyl (C=O) groups excluding carboxylic acids is 3. The van der Waals surface area contributed by atoms with Crippen LogP contribution in [-0.4, -0.2) is 70.5 Å². The van der Waals surface area contributed by atoms with Crippen molar-refractivity contribution in [1.29, 1.82) is 0 Å². The molecule has 1 aromatic rings. The first-order chi connectivity index (χ1) is 12.5. The van der Waals surface area contributed by atoms with Gasteiger partial charge in [-0.2, -0.15) is 5.10 Å². The van der Waals surface area contributed by atoms with Crippen molar-refractivity contribution >= 4 is 17.7 Å². The highest BCUT2D eigenvalue weighted by atomic mass is 16.2. The first kappa shape index (κ1) is 20.9. The molecular weight excluding hydrogens is 346 g/mol. The summed E-state index contributed by atoms with van der Waals surface area (Å²) in [5.74, 6) is 0.443. The molecule has 0 aromatic carbocycles. The van der Waals surface area contributed by atoms with Gasteiger partial charge in [0.05, 0.1) is 17.3 Å². The number of aromatic nitrogens is 2. The molecule has 0 unspecified atom stereocenters. The van der Waals surface area contributed by atoms with Gasteiger partial charge in [0, 0.05) is 38.8 Å². The molecule has 1 fully saturated rings. The van der Waals surface area contributed by atoms with Gasteiger partial charge < -0.3 is 15.1 Å². The third kappa shape index (κ3) is 4.48. The topological polar surface area (TPSA) is 87.5 Å². The van der Waals surface area contributed by atoms with Crippen LogP contribution in [0.1, 0.15) is 42.5 Å². The lowest BCUT2D eigenvalue weighted by molar-refractivity contribution is -0.131. The van der Waals surface area contributed by atoms with Crippen molar-refractivity contribution in [2.75, 3.05) is 27.2 Å². The normalized spacial score (nSPS) is 19.5. The molecule has 0 saturated carbocycles. The highest BCUT2D eigenvalue weighted by Gasteiger charge is 2.38. The van der Waals surface area contributed by atoms with Gasteiger partial charge in [0.1, 0.15) is 6.54 Å². The lowest BCUT2D eigenvalue weighted by Crippen LogP contribution is -2.46. The van der Waals surface area contributed by atoms with Crippen molar-refractivity contribution < 1.29 is 14.4 Å². The number of nitrogens with one attached hydrogen (secondary N) is 1. The highest BCUT2D eigenvalue weighted by Crippen LogP contribution is 2.25. The van der Waals surface area contributed by atoms with Gasteiger partial charge in [-0.1, -0.05) is 13.8 Å². The van der Waals surface area contributed by atoms with Crippen LogP contribution < -0.4 is 5.32 Å². The Balaban J connectivity index is 2.12. The van der Waals surface area contributed by atoms with Crippen molar-refractivity contribution in [1.82, 2.24) is 24.9 Å². The number of aryl methyl sites for hydroxylation is 1. The predicted molar refractivity (Wildman–Crippen MR) is 103 cm³/mol. The summed E-state index contributed by atoms with van der Waals surface area (Å²) in [4.78, 5) is 40.0. The zero-order valence-electron chi connectivity index (χ0n) is 17.4. The Morgan fingerprint density at radius 3 is 2.33 bits per heavy atom. The summed E-state index contributed by atoms with van der Waals surface area (Å²) in [6.07, 6.45) is 0. The summed E-state index contributed by atoms with van der Waals surface area (Å²) in [6, 6.07) is -0.221. The molecular formula is C19H31N5O3. The number of nitrogens with zero attached hydrogens (tertiary/aromatic N) is 4. The van der Waals surface area contributed by atoms with Gasteiger partial charge >= 0.3 is 6.03 Å². The standard InChI is InChI=1S/C19H31N5O3/c1-11(2)15-8-23(9-16(15)20-19(27)22(6)7)17(26)10-24-13(4)18(14(5)25)12(3)21-24/h11,15-16H,8-10H2,1-7H3,(H,20,27)/t15-,16+/m0/s1. The van der Waals surface area contributed by atoms with E-state index in [2.05, 4.69) is 24.3 Å². The van der Waals surface area contributed by atoms with Crippen LogP contribution in [0.3, 0.4) is 0 Å². The third-order valence-electron chi connectivity index (χ3n) is 5.31. The van der Waals surface area contributed by atoms with E-state index < -0.39 is 0 Å². The maximum atomic E-state index is 12.8. The first-order valence-electron chi connectivity index (χ1n) is 9.33. The Morgan fingerprint density at radius 1 is 1.22 bits per heavy atom. The minimum Gasteiger partial charge on any atom is -0.339 e. The molecule has 1 aliphatic rings. The van der Waals surface area contributed by atoms with Gasteiger partial charge in [0.15, 0.2) is 5.78 Å². The van der Waals surface area contributed by atoms with E-state index in [1.54, 1.807) is 30.6 Å². The van der Waals surface area contributed by atoms with Crippen LogP contribution in [0, 0.1) is 25.7 Å². The van der Waals surface area contributed by atoms with E-state index in [1.807, 2.05) is 6.92 Å². The van der Waals surface area contributed by atoms with Crippen molar-refractivity contribution in [2.45, 2.75) is 47.2 Å². The van der Waals surface area contributed by atoms with Crippen LogP contribution in [0.5, 0.6) is 0 Å². The summed E-state index contributed by atoms with van der Waals surface area (Å²) in [7, 11) is 3.40. The fourth-order valence-electron chi connectivity index (χ4n) is 3.74. The van der Waals surface area contributed by atoms with Crippen LogP contribution >= 0.6 is 0 Å². The molecule has 0 spiro atoms. The SMILES string of the molecule is CC(=O)c1c(C)nn(CC(=O)N2C[C@@H](NC(=O)N(C)C)[C@H](C(C)C)C2)c1C. The fraction of sp³-hybridized carbons (Fsp3) is 0.684. The Bertz CT molecular complexity index is 738. The second-order valence-corrected chi connectivity index (χ2v) is 7.92. The molecule has 150 valence electrons. The third-order valence-corrected chi connectivity index (χ3v) is 5.31. The van der Waals surface area contributed by atoms with E-state index in [9.17, 15) is 14.4 Å². The largest absolute Gasteiger partial charge is 0.339 e. The molecule has 2 heterocycles. The summed E-state index contributed by atoms with van der Waals surface area (Å²) in [6.45, 7) is 10.5. The Labute approximate surface area is 160 Å². The summed E-state index contributed by atoms with van der Waals surface area (Å²) in [5.41, 5.74) is 1.94. The van der Waals surface area contributed by atoms with Gasteiger partial charge in [0.2, 0.25) is 5.91 Å². The molecule has 0 radical (unpaired) electrons. The molecule has 0 bridgehead atoms. The second-order valence-electron chi connectivity index (χ2n) is 7.92. The molecule has 3 amide bonds. The van der Waals surface area contributed by atoms with Crippen LogP contribution in [0.25, 0.3) is 0 Å². The van der Waals surface area contributed by atoms with Crippen molar-refractivity contribution in [3.05, 3.63) is 17.0 Å². The quantitative estimate of drug-likeness (QED) is 0.787. The van der Waals surface area contributed by atoms with Gasteiger partial charge in [-0.05, 0) is 26.7 Å². The molecule has 1 N–H and O–H groups in total. The summed E-state index contributed by atoms with van der Waals surface area (Å²) >= 11 is 0. The monoisotopic (exact) mass is 377 g/mol. The second kappa shape index (κ2) is 8.10. The lowest BCUT2D eigenvalue weighted by Gasteiger charge is -2.24. The smallest absolute Gasteiger partial charge is 0.317 e. The van der Waals surface area contributed by atoms with E-state index >= 15 is 0 Å². The zero-order chi connectivity index (χ0) is 20.5. The van der Waals surface area contributed by atoms with Gasteiger partial charge in [-0.25, -0.2) is 4.79 Å². The average molecular weight is 377 g/mol. The minimum atomic E-state index is -0.149. The van der Waals surface area contributed by atoms with E-state index in [0.717, 1.165) is 0 Å². The Kier molecular flexibility index (Phi) is 6.28. The van der Waals surface area contributed by atoms with Gasteiger partial charge in [0.25, 0.3) is 0 Å². The van der Waals surface area contributed by atoms with Gasteiger partial charge in [-0.15, -0.1) is 0 Å². The maximum absolute atomic E-state index is 12.8. The number of urea groups is 1. The van der Waals surface area contributed by atoms with Crippen molar-refractivity contribution in [3.8, 4) is 0 Å². The average Bonchev–Trinajstić information content (AvgIpc) is 3.08. The summed E-state index contributed by atoms with van der Waals surface area (Å²) in [5, 5.41) is 7.38. The molecule has 1 saturated heterocycles. The molecule has 0 aliphatic carbocycles. The molecule has 2 rings (SSSR count). The van der Waals surface area contributed by atoms with Crippen LogP contribution in [-0.2, 0) is 11.3 Å². The number of hydrogen-bond donors (Lipinski definition) is 1. The Hall–Kier alpha value is -2.38. The fourth-order valence-corrected chi connectivity index (χ4v) is 3.74. The first-order valence-corrected chi connectivity index (χ1v) is 9.33. The van der Waals surface area contributed by atoms with Crippen LogP contribution in [0.15, 0.2) is 0 Å². The highest BCUT2D eigenvalue weighted by molar-refractivity contribution is 5.96. The zero-order valence-corrected chi connectivity index (χ0v) is 17.4. The van der Waals surface area contributed by atoms with E-state index in [0.29, 0.717) is 36.0 Å². The van der Waals surface area contributed by atoms with Gasteiger partial charge in [-0.3, -0.25) is 14.3 Å².